The lowest BCUT2D eigenvalue weighted by Gasteiger charge is -2.04. The molecule has 0 aliphatic heterocycles. The van der Waals surface area contributed by atoms with Crippen molar-refractivity contribution in [1.82, 2.24) is 9.13 Å². The van der Waals surface area contributed by atoms with Crippen molar-refractivity contribution in [3.8, 4) is 12.0 Å². The van der Waals surface area contributed by atoms with Crippen LogP contribution in [0.3, 0.4) is 0 Å². The lowest BCUT2D eigenvalue weighted by molar-refractivity contribution is 0.522. The van der Waals surface area contributed by atoms with E-state index in [1.165, 1.54) is 19.5 Å². The van der Waals surface area contributed by atoms with E-state index in [4.69, 9.17) is 9.68 Å². The highest BCUT2D eigenvalue weighted by molar-refractivity contribution is 5.27. The highest BCUT2D eigenvalue weighted by Gasteiger charge is 2.10. The molecule has 2 aromatic rings. The normalized spacial score (nSPS) is 10.0. The average Bonchev–Trinajstić information content (AvgIpc) is 2.80. The topological polar surface area (TPSA) is 80.9 Å². The third kappa shape index (κ3) is 1.35. The van der Waals surface area contributed by atoms with Gasteiger partial charge in [0, 0.05) is 19.3 Å². The number of nitrogens with zero attached hydrogens (tertiary/aromatic N) is 3. The average molecular weight is 217 g/mol. The Balaban J connectivity index is 2.84. The molecular formula is C10H7N3O3. The smallest absolute Gasteiger partial charge is 0.337 e. The van der Waals surface area contributed by atoms with Crippen molar-refractivity contribution in [3.05, 3.63) is 51.0 Å². The molecule has 2 heterocycles. The standard InChI is InChI=1S/C10H7N3O3/c1-12-9(14)7(5-11)6-13(10(12)15)8-3-2-4-16-8/h2-4,6H,1H3. The van der Waals surface area contributed by atoms with Crippen molar-refractivity contribution in [2.45, 2.75) is 0 Å². The maximum absolute atomic E-state index is 11.7. The van der Waals surface area contributed by atoms with Crippen LogP contribution in [0.4, 0.5) is 0 Å². The Bertz CT molecular complexity index is 671. The number of furan rings is 1. The van der Waals surface area contributed by atoms with Crippen LogP contribution in [0, 0.1) is 11.3 Å². The molecule has 0 saturated carbocycles. The van der Waals surface area contributed by atoms with E-state index >= 15 is 0 Å². The first-order valence-corrected chi connectivity index (χ1v) is 4.42. The van der Waals surface area contributed by atoms with Gasteiger partial charge in [0.1, 0.15) is 11.6 Å². The zero-order valence-electron chi connectivity index (χ0n) is 8.38. The molecule has 0 unspecified atom stereocenters. The van der Waals surface area contributed by atoms with Crippen LogP contribution in [0.2, 0.25) is 0 Å². The minimum absolute atomic E-state index is 0.112. The molecule has 6 heteroatoms. The largest absolute Gasteiger partial charge is 0.448 e. The highest BCUT2D eigenvalue weighted by atomic mass is 16.3. The number of hydrogen-bond donors (Lipinski definition) is 0. The third-order valence-electron chi connectivity index (χ3n) is 2.15. The van der Waals surface area contributed by atoms with E-state index in [-0.39, 0.29) is 11.4 Å². The van der Waals surface area contributed by atoms with Gasteiger partial charge in [-0.1, -0.05) is 0 Å². The fourth-order valence-electron chi connectivity index (χ4n) is 1.31. The third-order valence-corrected chi connectivity index (χ3v) is 2.15. The van der Waals surface area contributed by atoms with E-state index in [1.54, 1.807) is 18.2 Å². The summed E-state index contributed by atoms with van der Waals surface area (Å²) in [6, 6.07) is 4.90. The van der Waals surface area contributed by atoms with Gasteiger partial charge in [-0.15, -0.1) is 0 Å². The van der Waals surface area contributed by atoms with Crippen LogP contribution in [0.1, 0.15) is 5.56 Å². The number of aromatic nitrogens is 2. The second-order valence-electron chi connectivity index (χ2n) is 3.12. The summed E-state index contributed by atoms with van der Waals surface area (Å²) < 4.78 is 7.01. The highest BCUT2D eigenvalue weighted by Crippen LogP contribution is 2.04. The molecule has 0 aliphatic carbocycles. The molecule has 80 valence electrons. The zero-order chi connectivity index (χ0) is 11.7. The van der Waals surface area contributed by atoms with Crippen LogP contribution in [-0.4, -0.2) is 9.13 Å². The van der Waals surface area contributed by atoms with Crippen molar-refractivity contribution in [2.24, 2.45) is 7.05 Å². The summed E-state index contributed by atoms with van der Waals surface area (Å²) in [6.45, 7) is 0. The summed E-state index contributed by atoms with van der Waals surface area (Å²) in [5, 5.41) is 8.75. The zero-order valence-corrected chi connectivity index (χ0v) is 8.38. The summed E-state index contributed by atoms with van der Waals surface area (Å²) in [4.78, 5) is 23.2. The van der Waals surface area contributed by atoms with Gasteiger partial charge in [0.25, 0.3) is 5.56 Å². The molecule has 0 bridgehead atoms. The van der Waals surface area contributed by atoms with Crippen LogP contribution in [0.5, 0.6) is 0 Å². The van der Waals surface area contributed by atoms with Crippen LogP contribution in [-0.2, 0) is 7.05 Å². The summed E-state index contributed by atoms with van der Waals surface area (Å²) >= 11 is 0. The van der Waals surface area contributed by atoms with Crippen molar-refractivity contribution < 1.29 is 4.42 Å². The van der Waals surface area contributed by atoms with E-state index in [2.05, 4.69) is 0 Å². The molecule has 0 spiro atoms. The molecule has 0 amide bonds. The van der Waals surface area contributed by atoms with E-state index in [0.717, 1.165) is 9.13 Å². The fourth-order valence-corrected chi connectivity index (χ4v) is 1.31. The van der Waals surface area contributed by atoms with Gasteiger partial charge in [-0.3, -0.25) is 9.36 Å². The van der Waals surface area contributed by atoms with Crippen molar-refractivity contribution in [1.29, 1.82) is 5.26 Å². The molecule has 0 aromatic carbocycles. The van der Waals surface area contributed by atoms with Gasteiger partial charge in [-0.25, -0.2) is 9.36 Å². The lowest BCUT2D eigenvalue weighted by Crippen LogP contribution is -2.38. The SMILES string of the molecule is Cn1c(=O)c(C#N)cn(-c2ccco2)c1=O. The second-order valence-corrected chi connectivity index (χ2v) is 3.12. The first-order chi connectivity index (χ1) is 7.65. The van der Waals surface area contributed by atoms with Crippen LogP contribution < -0.4 is 11.2 Å². The van der Waals surface area contributed by atoms with Gasteiger partial charge < -0.3 is 4.42 Å². The molecular weight excluding hydrogens is 210 g/mol. The van der Waals surface area contributed by atoms with Gasteiger partial charge in [0.2, 0.25) is 5.88 Å². The fraction of sp³-hybridized carbons (Fsp3) is 0.100. The molecule has 0 radical (unpaired) electrons. The first-order valence-electron chi connectivity index (χ1n) is 4.42. The van der Waals surface area contributed by atoms with Gasteiger partial charge in [-0.05, 0) is 6.07 Å². The maximum Gasteiger partial charge on any atom is 0.337 e. The van der Waals surface area contributed by atoms with Crippen molar-refractivity contribution in [2.75, 3.05) is 0 Å². The van der Waals surface area contributed by atoms with E-state index in [1.807, 2.05) is 0 Å². The van der Waals surface area contributed by atoms with Gasteiger partial charge in [0.15, 0.2) is 0 Å². The van der Waals surface area contributed by atoms with Crippen LogP contribution in [0.15, 0.2) is 38.6 Å². The van der Waals surface area contributed by atoms with E-state index in [9.17, 15) is 9.59 Å². The van der Waals surface area contributed by atoms with Crippen LogP contribution in [0.25, 0.3) is 5.88 Å². The summed E-state index contributed by atoms with van der Waals surface area (Å²) in [7, 11) is 1.31. The minimum atomic E-state index is -0.615. The summed E-state index contributed by atoms with van der Waals surface area (Å²) in [6.07, 6.45) is 2.57. The van der Waals surface area contributed by atoms with E-state index in [0.29, 0.717) is 0 Å². The van der Waals surface area contributed by atoms with Gasteiger partial charge in [0.05, 0.1) is 6.26 Å². The number of hydrogen-bond acceptors (Lipinski definition) is 4. The number of rotatable bonds is 1. The molecule has 0 fully saturated rings. The van der Waals surface area contributed by atoms with Crippen molar-refractivity contribution in [3.63, 3.8) is 0 Å². The summed E-state index contributed by atoms with van der Waals surface area (Å²) in [5.41, 5.74) is -1.28. The molecule has 0 atom stereocenters. The lowest BCUT2D eigenvalue weighted by atomic mass is 10.3. The molecule has 2 rings (SSSR count). The van der Waals surface area contributed by atoms with E-state index < -0.39 is 11.2 Å². The first kappa shape index (κ1) is 9.98. The van der Waals surface area contributed by atoms with Crippen LogP contribution >= 0.6 is 0 Å². The Labute approximate surface area is 89.6 Å². The van der Waals surface area contributed by atoms with Gasteiger partial charge in [-0.2, -0.15) is 5.26 Å². The Morgan fingerprint density at radius 2 is 2.19 bits per heavy atom. The predicted octanol–water partition coefficient (Wildman–Crippen LogP) is 0.000880. The molecule has 6 nitrogen and oxygen atoms in total. The minimum Gasteiger partial charge on any atom is -0.448 e. The predicted molar refractivity (Wildman–Crippen MR) is 54.3 cm³/mol. The Hall–Kier alpha value is -2.55. The summed E-state index contributed by atoms with van der Waals surface area (Å²) in [5.74, 6) is 0.261. The molecule has 0 aliphatic rings. The monoisotopic (exact) mass is 217 g/mol. The Kier molecular flexibility index (Phi) is 2.21. The van der Waals surface area contributed by atoms with Crippen molar-refractivity contribution >= 4 is 0 Å². The maximum atomic E-state index is 11.7. The molecule has 0 N–H and O–H groups in total. The number of nitriles is 1. The quantitative estimate of drug-likeness (QED) is 0.673. The molecule has 16 heavy (non-hydrogen) atoms. The van der Waals surface area contributed by atoms with Gasteiger partial charge >= 0.3 is 5.69 Å². The second kappa shape index (κ2) is 3.55. The molecule has 2 aromatic heterocycles. The Morgan fingerprint density at radius 3 is 2.75 bits per heavy atom. The Morgan fingerprint density at radius 1 is 1.44 bits per heavy atom. The molecule has 0 saturated heterocycles.